The molecule has 2 N–H and O–H groups in total. The van der Waals surface area contributed by atoms with Crippen LogP contribution in [0.3, 0.4) is 0 Å². The third kappa shape index (κ3) is 4.00. The molecule has 4 rings (SSSR count). The molecule has 1 aromatic carbocycles. The Hall–Kier alpha value is -2.14. The van der Waals surface area contributed by atoms with E-state index in [2.05, 4.69) is 36.0 Å². The number of benzene rings is 1. The van der Waals surface area contributed by atoms with Gasteiger partial charge in [-0.15, -0.1) is 0 Å². The Morgan fingerprint density at radius 2 is 1.79 bits per heavy atom. The highest BCUT2D eigenvalue weighted by molar-refractivity contribution is 6.14. The van der Waals surface area contributed by atoms with Gasteiger partial charge in [0.15, 0.2) is 5.78 Å². The normalized spacial score (nSPS) is 19.1. The van der Waals surface area contributed by atoms with Gasteiger partial charge < -0.3 is 10.3 Å². The molecule has 1 saturated carbocycles. The molecule has 5 heteroatoms. The van der Waals surface area contributed by atoms with Crippen LogP contribution >= 0.6 is 0 Å². The number of piperidine rings is 1. The van der Waals surface area contributed by atoms with Crippen molar-refractivity contribution in [3.05, 3.63) is 30.0 Å². The van der Waals surface area contributed by atoms with Crippen LogP contribution in [-0.4, -0.2) is 41.2 Å². The van der Waals surface area contributed by atoms with E-state index in [0.29, 0.717) is 29.3 Å². The third-order valence-electron chi connectivity index (χ3n) is 6.34. The Kier molecular flexibility index (Phi) is 5.04. The van der Waals surface area contributed by atoms with Crippen molar-refractivity contribution in [2.45, 2.75) is 46.5 Å². The highest BCUT2D eigenvalue weighted by atomic mass is 16.2. The number of hydrogen-bond donors (Lipinski definition) is 2. The highest BCUT2D eigenvalue weighted by Crippen LogP contribution is 2.37. The Labute approximate surface area is 166 Å². The fourth-order valence-electron chi connectivity index (χ4n) is 4.35. The quantitative estimate of drug-likeness (QED) is 0.752. The number of Topliss-reactive ketones (excluding diaryl/α,β-unsaturated/α-hetero) is 1. The summed E-state index contributed by atoms with van der Waals surface area (Å²) < 4.78 is 0. The van der Waals surface area contributed by atoms with Gasteiger partial charge in [0.05, 0.1) is 12.2 Å². The molecule has 5 nitrogen and oxygen atoms in total. The molecule has 2 heterocycles. The predicted octanol–water partition coefficient (Wildman–Crippen LogP) is 4.46. The van der Waals surface area contributed by atoms with Gasteiger partial charge in [-0.3, -0.25) is 14.5 Å². The molecule has 1 amide bonds. The minimum Gasteiger partial charge on any atom is -0.350 e. The summed E-state index contributed by atoms with van der Waals surface area (Å²) in [6.45, 7) is 9.20. The van der Waals surface area contributed by atoms with Gasteiger partial charge in [-0.2, -0.15) is 0 Å². The molecule has 0 spiro atoms. The fourth-order valence-corrected chi connectivity index (χ4v) is 4.35. The van der Waals surface area contributed by atoms with E-state index >= 15 is 0 Å². The lowest BCUT2D eigenvalue weighted by Crippen LogP contribution is -2.41. The third-order valence-corrected chi connectivity index (χ3v) is 6.34. The Morgan fingerprint density at radius 1 is 1.11 bits per heavy atom. The number of ketones is 1. The average molecular weight is 382 g/mol. The van der Waals surface area contributed by atoms with E-state index in [-0.39, 0.29) is 17.6 Å². The van der Waals surface area contributed by atoms with Crippen LogP contribution in [0.5, 0.6) is 0 Å². The number of anilines is 1. The van der Waals surface area contributed by atoms with E-state index in [1.807, 2.05) is 24.3 Å². The van der Waals surface area contributed by atoms with Crippen LogP contribution in [0.1, 0.15) is 56.9 Å². The van der Waals surface area contributed by atoms with Gasteiger partial charge in [-0.05, 0) is 56.2 Å². The number of likely N-dealkylation sites (tertiary alicyclic amines) is 1. The first-order chi connectivity index (χ1) is 13.3. The summed E-state index contributed by atoms with van der Waals surface area (Å²) in [6.07, 6.45) is 4.17. The lowest BCUT2D eigenvalue weighted by atomic mass is 9.75. The zero-order chi connectivity index (χ0) is 19.9. The molecule has 2 aliphatic rings. The van der Waals surface area contributed by atoms with Crippen LogP contribution in [0, 0.1) is 17.3 Å². The summed E-state index contributed by atoms with van der Waals surface area (Å²) in [7, 11) is 0. The Balaban J connectivity index is 1.45. The zero-order valence-corrected chi connectivity index (χ0v) is 17.2. The molecule has 0 atom stereocenters. The largest absolute Gasteiger partial charge is 0.350 e. The number of rotatable bonds is 5. The van der Waals surface area contributed by atoms with Gasteiger partial charge in [0, 0.05) is 16.8 Å². The number of nitrogens with zero attached hydrogens (tertiary/aromatic N) is 1. The van der Waals surface area contributed by atoms with Crippen LogP contribution < -0.4 is 5.32 Å². The van der Waals surface area contributed by atoms with Crippen LogP contribution in [0.15, 0.2) is 24.3 Å². The van der Waals surface area contributed by atoms with Gasteiger partial charge in [-0.25, -0.2) is 0 Å². The molecule has 0 radical (unpaired) electrons. The van der Waals surface area contributed by atoms with E-state index in [9.17, 15) is 9.59 Å². The number of carbonyl (C=O) groups is 2. The monoisotopic (exact) mass is 381 g/mol. The van der Waals surface area contributed by atoms with Gasteiger partial charge in [0.25, 0.3) is 0 Å². The second kappa shape index (κ2) is 7.36. The number of nitrogens with one attached hydrogen (secondary N) is 2. The molecule has 28 heavy (non-hydrogen) atoms. The van der Waals surface area contributed by atoms with Crippen molar-refractivity contribution in [3.8, 4) is 0 Å². The van der Waals surface area contributed by atoms with Crippen molar-refractivity contribution in [1.82, 2.24) is 9.88 Å². The number of amides is 1. The first-order valence-corrected chi connectivity index (χ1v) is 10.5. The maximum Gasteiger partial charge on any atom is 0.238 e. The molecule has 1 aromatic heterocycles. The molecule has 1 aliphatic carbocycles. The number of fused-ring (bicyclic) bond motifs is 1. The molecule has 0 bridgehead atoms. The van der Waals surface area contributed by atoms with E-state index in [1.165, 1.54) is 0 Å². The molecular weight excluding hydrogens is 350 g/mol. The second-order valence-electron chi connectivity index (χ2n) is 9.52. The molecule has 150 valence electrons. The van der Waals surface area contributed by atoms with Gasteiger partial charge >= 0.3 is 0 Å². The number of para-hydroxylation sites is 1. The number of H-pyrrole nitrogens is 1. The van der Waals surface area contributed by atoms with Gasteiger partial charge in [-0.1, -0.05) is 39.0 Å². The number of aromatic nitrogens is 1. The Morgan fingerprint density at radius 3 is 2.43 bits per heavy atom. The first-order valence-electron chi connectivity index (χ1n) is 10.5. The van der Waals surface area contributed by atoms with Crippen LogP contribution in [0.4, 0.5) is 5.69 Å². The summed E-state index contributed by atoms with van der Waals surface area (Å²) >= 11 is 0. The first kappa shape index (κ1) is 19.2. The summed E-state index contributed by atoms with van der Waals surface area (Å²) in [5, 5.41) is 3.96. The van der Waals surface area contributed by atoms with E-state index in [0.717, 1.165) is 49.7 Å². The topological polar surface area (TPSA) is 65.2 Å². The van der Waals surface area contributed by atoms with Crippen molar-refractivity contribution in [3.63, 3.8) is 0 Å². The summed E-state index contributed by atoms with van der Waals surface area (Å²) in [6, 6.07) is 7.79. The van der Waals surface area contributed by atoms with Crippen molar-refractivity contribution >= 4 is 28.3 Å². The van der Waals surface area contributed by atoms with E-state index < -0.39 is 0 Å². The highest BCUT2D eigenvalue weighted by Gasteiger charge is 2.34. The molecule has 2 fully saturated rings. The molecular formula is C23H31N3O2. The van der Waals surface area contributed by atoms with E-state index in [1.54, 1.807) is 0 Å². The van der Waals surface area contributed by atoms with Crippen LogP contribution in [0.2, 0.25) is 0 Å². The number of hydrogen-bond acceptors (Lipinski definition) is 3. The average Bonchev–Trinajstić information content (AvgIpc) is 3.44. The van der Waals surface area contributed by atoms with Crippen molar-refractivity contribution in [2.75, 3.05) is 25.0 Å². The SMILES string of the molecule is CC(C)(C)C1CCN(CC(=O)Nc2c(C(=O)C3CC3)[nH]c3ccccc23)CC1. The second-order valence-corrected chi connectivity index (χ2v) is 9.52. The maximum absolute atomic E-state index is 12.8. The fraction of sp³-hybridized carbons (Fsp3) is 0.565. The molecule has 0 unspecified atom stereocenters. The molecule has 1 aliphatic heterocycles. The van der Waals surface area contributed by atoms with Crippen LogP contribution in [-0.2, 0) is 4.79 Å². The van der Waals surface area contributed by atoms with Crippen molar-refractivity contribution in [2.24, 2.45) is 17.3 Å². The summed E-state index contributed by atoms with van der Waals surface area (Å²) in [4.78, 5) is 31.0. The molecule has 1 saturated heterocycles. The lowest BCUT2D eigenvalue weighted by Gasteiger charge is -2.38. The standard InChI is InChI=1S/C23H31N3O2/c1-23(2,3)16-10-12-26(13-11-16)14-19(27)25-20-17-6-4-5-7-18(17)24-21(20)22(28)15-8-9-15/h4-7,15-16,24H,8-14H2,1-3H3,(H,25,27). The van der Waals surface area contributed by atoms with Gasteiger partial charge in [0.1, 0.15) is 5.69 Å². The van der Waals surface area contributed by atoms with E-state index in [4.69, 9.17) is 0 Å². The van der Waals surface area contributed by atoms with Crippen molar-refractivity contribution < 1.29 is 9.59 Å². The predicted molar refractivity (Wildman–Crippen MR) is 113 cm³/mol. The minimum absolute atomic E-state index is 0.0381. The summed E-state index contributed by atoms with van der Waals surface area (Å²) in [5.74, 6) is 0.907. The van der Waals surface area contributed by atoms with Crippen molar-refractivity contribution in [1.29, 1.82) is 0 Å². The zero-order valence-electron chi connectivity index (χ0n) is 17.2. The maximum atomic E-state index is 12.8. The number of aromatic amines is 1. The number of carbonyl (C=O) groups excluding carboxylic acids is 2. The molecule has 2 aromatic rings. The van der Waals surface area contributed by atoms with Crippen LogP contribution in [0.25, 0.3) is 10.9 Å². The smallest absolute Gasteiger partial charge is 0.238 e. The lowest BCUT2D eigenvalue weighted by molar-refractivity contribution is -0.117. The minimum atomic E-state index is -0.0381. The summed E-state index contributed by atoms with van der Waals surface area (Å²) in [5.41, 5.74) is 2.44. The van der Waals surface area contributed by atoms with Gasteiger partial charge in [0.2, 0.25) is 5.91 Å². The Bertz CT molecular complexity index is 881.